The van der Waals surface area contributed by atoms with E-state index in [1.165, 1.54) is 19.2 Å². The number of H-pyrrole nitrogens is 1. The molecule has 0 spiro atoms. The highest BCUT2D eigenvalue weighted by atomic mass is 15.1. The zero-order valence-electron chi connectivity index (χ0n) is 9.32. The first-order valence-electron chi connectivity index (χ1n) is 5.69. The molecule has 3 rings (SSSR count). The van der Waals surface area contributed by atoms with Crippen LogP contribution in [0.4, 0.5) is 0 Å². The van der Waals surface area contributed by atoms with Gasteiger partial charge in [-0.2, -0.15) is 0 Å². The van der Waals surface area contributed by atoms with Crippen molar-refractivity contribution in [3.63, 3.8) is 0 Å². The van der Waals surface area contributed by atoms with Crippen molar-refractivity contribution >= 4 is 11.2 Å². The number of piperidine rings is 1. The fourth-order valence-electron chi connectivity index (χ4n) is 2.28. The number of hydrogen-bond acceptors (Lipinski definition) is 4. The van der Waals surface area contributed by atoms with Crippen molar-refractivity contribution in [3.05, 3.63) is 18.3 Å². The smallest absolute Gasteiger partial charge is 0.180 e. The van der Waals surface area contributed by atoms with Crippen molar-refractivity contribution in [1.82, 2.24) is 25.3 Å². The Labute approximate surface area is 93.7 Å². The van der Waals surface area contributed by atoms with Crippen molar-refractivity contribution in [2.45, 2.75) is 31.7 Å². The first-order chi connectivity index (χ1) is 7.78. The van der Waals surface area contributed by atoms with Gasteiger partial charge in [0.25, 0.3) is 0 Å². The molecule has 1 unspecified atom stereocenters. The van der Waals surface area contributed by atoms with Gasteiger partial charge in [-0.25, -0.2) is 15.0 Å². The van der Waals surface area contributed by atoms with E-state index in [0.717, 1.165) is 30.0 Å². The number of hydrogen-bond donors (Lipinski definition) is 2. The van der Waals surface area contributed by atoms with Crippen LogP contribution >= 0.6 is 0 Å². The van der Waals surface area contributed by atoms with Crippen molar-refractivity contribution in [3.8, 4) is 0 Å². The van der Waals surface area contributed by atoms with E-state index in [2.05, 4.69) is 32.2 Å². The molecule has 84 valence electrons. The Bertz CT molecular complexity index is 465. The van der Waals surface area contributed by atoms with Crippen LogP contribution in [0.2, 0.25) is 0 Å². The maximum atomic E-state index is 4.54. The van der Waals surface area contributed by atoms with E-state index in [4.69, 9.17) is 0 Å². The van der Waals surface area contributed by atoms with E-state index in [0.29, 0.717) is 0 Å². The fraction of sp³-hybridized carbons (Fsp3) is 0.545. The second kappa shape index (κ2) is 3.52. The van der Waals surface area contributed by atoms with Gasteiger partial charge in [-0.15, -0.1) is 0 Å². The van der Waals surface area contributed by atoms with E-state index < -0.39 is 0 Å². The largest absolute Gasteiger partial charge is 0.338 e. The van der Waals surface area contributed by atoms with E-state index in [-0.39, 0.29) is 5.54 Å². The van der Waals surface area contributed by atoms with Crippen molar-refractivity contribution < 1.29 is 0 Å². The van der Waals surface area contributed by atoms with Gasteiger partial charge in [0.15, 0.2) is 5.65 Å². The lowest BCUT2D eigenvalue weighted by Crippen LogP contribution is -2.44. The molecule has 0 amide bonds. The van der Waals surface area contributed by atoms with Crippen LogP contribution < -0.4 is 5.32 Å². The second-order valence-electron chi connectivity index (χ2n) is 4.56. The van der Waals surface area contributed by atoms with Crippen LogP contribution in [0, 0.1) is 0 Å². The van der Waals surface area contributed by atoms with Crippen molar-refractivity contribution in [2.75, 3.05) is 6.54 Å². The molecule has 2 N–H and O–H groups in total. The van der Waals surface area contributed by atoms with Crippen LogP contribution in [0.1, 0.15) is 32.0 Å². The summed E-state index contributed by atoms with van der Waals surface area (Å²) in [6.07, 6.45) is 6.90. The van der Waals surface area contributed by atoms with Crippen LogP contribution in [0.25, 0.3) is 11.2 Å². The Hall–Kier alpha value is -1.49. The first kappa shape index (κ1) is 9.72. The molecule has 1 atom stereocenters. The van der Waals surface area contributed by atoms with Gasteiger partial charge in [-0.3, -0.25) is 0 Å². The normalized spacial score (nSPS) is 26.1. The van der Waals surface area contributed by atoms with E-state index in [1.807, 2.05) is 0 Å². The molecule has 1 fully saturated rings. The van der Waals surface area contributed by atoms with Crippen molar-refractivity contribution in [1.29, 1.82) is 0 Å². The number of aromatic nitrogens is 4. The fourth-order valence-corrected chi connectivity index (χ4v) is 2.28. The lowest BCUT2D eigenvalue weighted by molar-refractivity contribution is 0.271. The molecule has 2 aromatic rings. The molecule has 0 saturated carbocycles. The summed E-state index contributed by atoms with van der Waals surface area (Å²) < 4.78 is 0. The zero-order valence-corrected chi connectivity index (χ0v) is 9.32. The number of aromatic amines is 1. The standard InChI is InChI=1S/C11H15N5/c1-11(4-2-3-5-14-11)10-15-8-6-12-7-13-9(8)16-10/h6-7,14H,2-5H2,1H3,(H,12,13,15,16). The third kappa shape index (κ3) is 1.48. The molecule has 1 saturated heterocycles. The summed E-state index contributed by atoms with van der Waals surface area (Å²) in [5, 5.41) is 3.53. The quantitative estimate of drug-likeness (QED) is 0.756. The maximum absolute atomic E-state index is 4.54. The monoisotopic (exact) mass is 217 g/mol. The van der Waals surface area contributed by atoms with Gasteiger partial charge in [0.05, 0.1) is 11.7 Å². The Balaban J connectivity index is 2.04. The number of fused-ring (bicyclic) bond motifs is 1. The molecule has 2 aromatic heterocycles. The van der Waals surface area contributed by atoms with Gasteiger partial charge in [0.2, 0.25) is 0 Å². The molecule has 16 heavy (non-hydrogen) atoms. The summed E-state index contributed by atoms with van der Waals surface area (Å²) in [6.45, 7) is 3.25. The predicted molar refractivity (Wildman–Crippen MR) is 60.9 cm³/mol. The lowest BCUT2D eigenvalue weighted by atomic mass is 9.90. The lowest BCUT2D eigenvalue weighted by Gasteiger charge is -2.32. The topological polar surface area (TPSA) is 66.5 Å². The van der Waals surface area contributed by atoms with E-state index >= 15 is 0 Å². The summed E-state index contributed by atoms with van der Waals surface area (Å²) >= 11 is 0. The number of nitrogens with one attached hydrogen (secondary N) is 2. The Morgan fingerprint density at radius 2 is 2.31 bits per heavy atom. The molecular weight excluding hydrogens is 202 g/mol. The van der Waals surface area contributed by atoms with Crippen LogP contribution in [0.15, 0.2) is 12.5 Å². The molecule has 0 aromatic carbocycles. The maximum Gasteiger partial charge on any atom is 0.180 e. The molecular formula is C11H15N5. The SMILES string of the molecule is CC1(c2nc3ncncc3[nH]2)CCCCN1. The Morgan fingerprint density at radius 3 is 3.06 bits per heavy atom. The average Bonchev–Trinajstić information content (AvgIpc) is 2.74. The van der Waals surface area contributed by atoms with Crippen LogP contribution in [0.3, 0.4) is 0 Å². The van der Waals surface area contributed by atoms with Gasteiger partial charge >= 0.3 is 0 Å². The van der Waals surface area contributed by atoms with Gasteiger partial charge in [-0.05, 0) is 32.7 Å². The summed E-state index contributed by atoms with van der Waals surface area (Å²) in [6, 6.07) is 0. The number of rotatable bonds is 1. The van der Waals surface area contributed by atoms with E-state index in [1.54, 1.807) is 6.20 Å². The number of imidazole rings is 1. The van der Waals surface area contributed by atoms with Crippen LogP contribution in [0.5, 0.6) is 0 Å². The predicted octanol–water partition coefficient (Wildman–Crippen LogP) is 1.34. The minimum atomic E-state index is -0.0427. The van der Waals surface area contributed by atoms with E-state index in [9.17, 15) is 0 Å². The number of nitrogens with zero attached hydrogens (tertiary/aromatic N) is 3. The molecule has 0 bridgehead atoms. The third-order valence-corrected chi connectivity index (χ3v) is 3.30. The van der Waals surface area contributed by atoms with Gasteiger partial charge in [0.1, 0.15) is 17.7 Å². The Kier molecular flexibility index (Phi) is 2.14. The summed E-state index contributed by atoms with van der Waals surface area (Å²) in [5.74, 6) is 0.975. The van der Waals surface area contributed by atoms with Crippen LogP contribution in [-0.4, -0.2) is 26.5 Å². The summed E-state index contributed by atoms with van der Waals surface area (Å²) in [4.78, 5) is 16.0. The summed E-state index contributed by atoms with van der Waals surface area (Å²) in [7, 11) is 0. The molecule has 3 heterocycles. The highest BCUT2D eigenvalue weighted by Crippen LogP contribution is 2.28. The molecule has 1 aliphatic heterocycles. The molecule has 5 heteroatoms. The first-order valence-corrected chi connectivity index (χ1v) is 5.69. The van der Waals surface area contributed by atoms with Crippen LogP contribution in [-0.2, 0) is 5.54 Å². The van der Waals surface area contributed by atoms with Gasteiger partial charge in [-0.1, -0.05) is 0 Å². The highest BCUT2D eigenvalue weighted by Gasteiger charge is 2.31. The summed E-state index contributed by atoms with van der Waals surface area (Å²) in [5.41, 5.74) is 1.61. The van der Waals surface area contributed by atoms with Crippen molar-refractivity contribution in [2.24, 2.45) is 0 Å². The average molecular weight is 217 g/mol. The molecule has 0 aliphatic carbocycles. The second-order valence-corrected chi connectivity index (χ2v) is 4.56. The zero-order chi connectivity index (χ0) is 11.0. The minimum Gasteiger partial charge on any atom is -0.338 e. The third-order valence-electron chi connectivity index (χ3n) is 3.30. The van der Waals surface area contributed by atoms with Gasteiger partial charge < -0.3 is 10.3 Å². The minimum absolute atomic E-state index is 0.0427. The Morgan fingerprint density at radius 1 is 1.38 bits per heavy atom. The molecule has 1 aliphatic rings. The van der Waals surface area contributed by atoms with Gasteiger partial charge in [0, 0.05) is 0 Å². The highest BCUT2D eigenvalue weighted by molar-refractivity contribution is 5.69. The molecule has 0 radical (unpaired) electrons. The molecule has 5 nitrogen and oxygen atoms in total.